The van der Waals surface area contributed by atoms with E-state index >= 15 is 0 Å². The second-order valence-corrected chi connectivity index (χ2v) is 2.67. The number of esters is 1. The van der Waals surface area contributed by atoms with Gasteiger partial charge in [0, 0.05) is 0 Å². The van der Waals surface area contributed by atoms with E-state index in [2.05, 4.69) is 4.74 Å². The maximum atomic E-state index is 11.0. The monoisotopic (exact) mass is 171 g/mol. The quantitative estimate of drug-likeness (QED) is 0.602. The van der Waals surface area contributed by atoms with Gasteiger partial charge in [-0.05, 0) is 18.4 Å². The van der Waals surface area contributed by atoms with E-state index in [1.165, 1.54) is 7.11 Å². The molecule has 0 radical (unpaired) electrons. The maximum Gasteiger partial charge on any atom is 0.327 e. The van der Waals surface area contributed by atoms with Gasteiger partial charge < -0.3 is 15.2 Å². The van der Waals surface area contributed by atoms with Gasteiger partial charge in [-0.1, -0.05) is 0 Å². The largest absolute Gasteiger partial charge is 0.501 e. The number of carbonyl (C=O) groups excluding carboxylic acids is 1. The number of hydrogen-bond donors (Lipinski definition) is 1. The maximum absolute atomic E-state index is 11.0. The van der Waals surface area contributed by atoms with Crippen molar-refractivity contribution in [3.8, 4) is 0 Å². The molecular formula is C8H13NO3. The van der Waals surface area contributed by atoms with Crippen molar-refractivity contribution in [1.29, 1.82) is 0 Å². The van der Waals surface area contributed by atoms with Gasteiger partial charge in [-0.2, -0.15) is 0 Å². The lowest BCUT2D eigenvalue weighted by atomic mass is 10.0. The molecule has 0 saturated carbocycles. The van der Waals surface area contributed by atoms with Gasteiger partial charge in [-0.3, -0.25) is 4.79 Å². The highest BCUT2D eigenvalue weighted by Gasteiger charge is 2.20. The number of carbonyl (C=O) groups is 1. The van der Waals surface area contributed by atoms with E-state index in [0.29, 0.717) is 6.61 Å². The molecule has 0 aromatic carbocycles. The molecule has 0 spiro atoms. The molecule has 0 saturated heterocycles. The SMILES string of the molecule is COC(=O)C(N)C1=COCCC1. The van der Waals surface area contributed by atoms with Crippen LogP contribution >= 0.6 is 0 Å². The van der Waals surface area contributed by atoms with E-state index in [9.17, 15) is 4.79 Å². The summed E-state index contributed by atoms with van der Waals surface area (Å²) in [5.74, 6) is -0.410. The van der Waals surface area contributed by atoms with Crippen LogP contribution in [0, 0.1) is 0 Å². The first-order valence-electron chi connectivity index (χ1n) is 3.89. The molecule has 2 N–H and O–H groups in total. The van der Waals surface area contributed by atoms with Crippen molar-refractivity contribution in [2.24, 2.45) is 5.73 Å². The normalized spacial score (nSPS) is 19.0. The molecule has 4 nitrogen and oxygen atoms in total. The molecule has 1 rings (SSSR count). The molecule has 0 bridgehead atoms. The Morgan fingerprint density at radius 3 is 3.08 bits per heavy atom. The van der Waals surface area contributed by atoms with Crippen molar-refractivity contribution >= 4 is 5.97 Å². The molecule has 1 heterocycles. The summed E-state index contributed by atoms with van der Waals surface area (Å²) in [6.45, 7) is 0.706. The molecule has 0 aromatic rings. The Labute approximate surface area is 71.3 Å². The summed E-state index contributed by atoms with van der Waals surface area (Å²) in [6.07, 6.45) is 3.29. The number of rotatable bonds is 2. The zero-order valence-corrected chi connectivity index (χ0v) is 7.08. The van der Waals surface area contributed by atoms with Gasteiger partial charge in [-0.15, -0.1) is 0 Å². The summed E-state index contributed by atoms with van der Waals surface area (Å²) < 4.78 is 9.55. The van der Waals surface area contributed by atoms with Crippen molar-refractivity contribution in [3.05, 3.63) is 11.8 Å². The van der Waals surface area contributed by atoms with Gasteiger partial charge in [0.2, 0.25) is 0 Å². The van der Waals surface area contributed by atoms with Crippen LogP contribution in [-0.2, 0) is 14.3 Å². The second-order valence-electron chi connectivity index (χ2n) is 2.67. The second kappa shape index (κ2) is 4.11. The highest BCUT2D eigenvalue weighted by atomic mass is 16.5. The fourth-order valence-electron chi connectivity index (χ4n) is 1.09. The van der Waals surface area contributed by atoms with Crippen LogP contribution in [0.15, 0.2) is 11.8 Å². The Kier molecular flexibility index (Phi) is 3.10. The predicted molar refractivity (Wildman–Crippen MR) is 43.3 cm³/mol. The van der Waals surface area contributed by atoms with Gasteiger partial charge in [0.25, 0.3) is 0 Å². The molecule has 68 valence electrons. The van der Waals surface area contributed by atoms with Gasteiger partial charge in [0.1, 0.15) is 6.04 Å². The smallest absolute Gasteiger partial charge is 0.327 e. The molecule has 4 heteroatoms. The number of ether oxygens (including phenoxy) is 2. The zero-order valence-electron chi connectivity index (χ0n) is 7.08. The third kappa shape index (κ3) is 1.98. The van der Waals surface area contributed by atoms with E-state index in [0.717, 1.165) is 18.4 Å². The minimum absolute atomic E-state index is 0.410. The summed E-state index contributed by atoms with van der Waals surface area (Å²) in [5.41, 5.74) is 6.39. The molecular weight excluding hydrogens is 158 g/mol. The van der Waals surface area contributed by atoms with E-state index in [4.69, 9.17) is 10.5 Å². The van der Waals surface area contributed by atoms with Crippen LogP contribution in [0.4, 0.5) is 0 Å². The highest BCUT2D eigenvalue weighted by molar-refractivity contribution is 5.79. The zero-order chi connectivity index (χ0) is 8.97. The van der Waals surface area contributed by atoms with Crippen molar-refractivity contribution in [2.45, 2.75) is 18.9 Å². The van der Waals surface area contributed by atoms with E-state index in [1.807, 2.05) is 0 Å². The summed E-state index contributed by atoms with van der Waals surface area (Å²) in [5, 5.41) is 0. The highest BCUT2D eigenvalue weighted by Crippen LogP contribution is 2.14. The van der Waals surface area contributed by atoms with E-state index < -0.39 is 12.0 Å². The van der Waals surface area contributed by atoms with Crippen LogP contribution < -0.4 is 5.73 Å². The fraction of sp³-hybridized carbons (Fsp3) is 0.625. The van der Waals surface area contributed by atoms with Crippen molar-refractivity contribution in [2.75, 3.05) is 13.7 Å². The first-order valence-corrected chi connectivity index (χ1v) is 3.89. The Balaban J connectivity index is 2.56. The summed E-state index contributed by atoms with van der Waals surface area (Å²) in [7, 11) is 1.33. The van der Waals surface area contributed by atoms with Crippen molar-refractivity contribution < 1.29 is 14.3 Å². The molecule has 0 aromatic heterocycles. The van der Waals surface area contributed by atoms with Gasteiger partial charge in [0.05, 0.1) is 20.0 Å². The summed E-state index contributed by atoms with van der Waals surface area (Å²) in [4.78, 5) is 11.0. The van der Waals surface area contributed by atoms with Crippen LogP contribution in [0.3, 0.4) is 0 Å². The number of methoxy groups -OCH3 is 1. The van der Waals surface area contributed by atoms with E-state index in [1.54, 1.807) is 6.26 Å². The van der Waals surface area contributed by atoms with Crippen LogP contribution in [0.5, 0.6) is 0 Å². The fourth-order valence-corrected chi connectivity index (χ4v) is 1.09. The molecule has 1 atom stereocenters. The molecule has 1 aliphatic heterocycles. The van der Waals surface area contributed by atoms with Crippen molar-refractivity contribution in [1.82, 2.24) is 0 Å². The number of nitrogens with two attached hydrogens (primary N) is 1. The Morgan fingerprint density at radius 1 is 1.83 bits per heavy atom. The van der Waals surface area contributed by atoms with Crippen LogP contribution in [0.1, 0.15) is 12.8 Å². The summed E-state index contributed by atoms with van der Waals surface area (Å²) in [6, 6.07) is -0.657. The van der Waals surface area contributed by atoms with Gasteiger partial charge in [-0.25, -0.2) is 0 Å². The third-order valence-electron chi connectivity index (χ3n) is 1.82. The average molecular weight is 171 g/mol. The molecule has 1 aliphatic rings. The minimum Gasteiger partial charge on any atom is -0.501 e. The van der Waals surface area contributed by atoms with Gasteiger partial charge in [0.15, 0.2) is 0 Å². The first kappa shape index (κ1) is 9.06. The Bertz CT molecular complexity index is 200. The molecule has 1 unspecified atom stereocenters. The Hall–Kier alpha value is -1.03. The minimum atomic E-state index is -0.657. The standard InChI is InChI=1S/C8H13NO3/c1-11-8(10)7(9)6-3-2-4-12-5-6/h5,7H,2-4,9H2,1H3. The average Bonchev–Trinajstić information content (AvgIpc) is 2.17. The molecule has 12 heavy (non-hydrogen) atoms. The Morgan fingerprint density at radius 2 is 2.58 bits per heavy atom. The van der Waals surface area contributed by atoms with Crippen LogP contribution in [0.2, 0.25) is 0 Å². The number of hydrogen-bond acceptors (Lipinski definition) is 4. The molecule has 0 amide bonds. The summed E-state index contributed by atoms with van der Waals surface area (Å²) >= 11 is 0. The lowest BCUT2D eigenvalue weighted by Crippen LogP contribution is -2.34. The lowest BCUT2D eigenvalue weighted by molar-refractivity contribution is -0.141. The third-order valence-corrected chi connectivity index (χ3v) is 1.82. The lowest BCUT2D eigenvalue weighted by Gasteiger charge is -2.17. The molecule has 0 aliphatic carbocycles. The van der Waals surface area contributed by atoms with Gasteiger partial charge >= 0.3 is 5.97 Å². The van der Waals surface area contributed by atoms with Crippen LogP contribution in [0.25, 0.3) is 0 Å². The molecule has 0 fully saturated rings. The van der Waals surface area contributed by atoms with Crippen molar-refractivity contribution in [3.63, 3.8) is 0 Å². The predicted octanol–water partition coefficient (Wildman–Crippen LogP) is 0.181. The van der Waals surface area contributed by atoms with Crippen LogP contribution in [-0.4, -0.2) is 25.7 Å². The first-order chi connectivity index (χ1) is 5.75. The van der Waals surface area contributed by atoms with E-state index in [-0.39, 0.29) is 0 Å². The topological polar surface area (TPSA) is 61.5 Å².